The molecule has 1 aliphatic rings. The summed E-state index contributed by atoms with van der Waals surface area (Å²) in [4.78, 5) is 11.0. The highest BCUT2D eigenvalue weighted by Gasteiger charge is 2.64. The standard InChI is InChI=1S/C8H13F3N2O2/c9-8(10,11)7(1-2-7)13-6(14)5-15-4-3-12/h1-5,12H2,(H,13,14). The number of hydrogen-bond donors (Lipinski definition) is 2. The second-order valence-electron chi connectivity index (χ2n) is 3.47. The first-order valence-corrected chi connectivity index (χ1v) is 4.57. The fraction of sp³-hybridized carbons (Fsp3) is 0.875. The van der Waals surface area contributed by atoms with Gasteiger partial charge in [0.1, 0.15) is 12.1 Å². The summed E-state index contributed by atoms with van der Waals surface area (Å²) in [5, 5.41) is 1.94. The molecule has 0 aromatic heterocycles. The average Bonchev–Trinajstić information content (AvgIpc) is 2.84. The lowest BCUT2D eigenvalue weighted by Gasteiger charge is -2.20. The molecule has 0 aliphatic heterocycles. The molecule has 15 heavy (non-hydrogen) atoms. The minimum absolute atomic E-state index is 0.0564. The number of alkyl halides is 3. The third-order valence-corrected chi connectivity index (χ3v) is 2.17. The van der Waals surface area contributed by atoms with Crippen molar-refractivity contribution in [3.63, 3.8) is 0 Å². The maximum Gasteiger partial charge on any atom is 0.411 e. The number of hydrogen-bond acceptors (Lipinski definition) is 3. The molecule has 1 saturated carbocycles. The van der Waals surface area contributed by atoms with Gasteiger partial charge < -0.3 is 15.8 Å². The Hall–Kier alpha value is -0.820. The van der Waals surface area contributed by atoms with Gasteiger partial charge >= 0.3 is 6.18 Å². The Morgan fingerprint density at radius 3 is 2.47 bits per heavy atom. The summed E-state index contributed by atoms with van der Waals surface area (Å²) in [6.07, 6.45) is -4.49. The lowest BCUT2D eigenvalue weighted by Crippen LogP contribution is -2.49. The summed E-state index contributed by atoms with van der Waals surface area (Å²) < 4.78 is 41.8. The number of amides is 1. The molecule has 0 unspecified atom stereocenters. The highest BCUT2D eigenvalue weighted by molar-refractivity contribution is 5.78. The van der Waals surface area contributed by atoms with Crippen molar-refractivity contribution < 1.29 is 22.7 Å². The molecule has 3 N–H and O–H groups in total. The van der Waals surface area contributed by atoms with E-state index in [1.165, 1.54) is 0 Å². The molecule has 0 aromatic rings. The molecule has 0 bridgehead atoms. The first kappa shape index (κ1) is 12.3. The van der Waals surface area contributed by atoms with Gasteiger partial charge in [0.05, 0.1) is 6.61 Å². The molecule has 0 atom stereocenters. The third-order valence-electron chi connectivity index (χ3n) is 2.17. The van der Waals surface area contributed by atoms with Crippen LogP contribution >= 0.6 is 0 Å². The molecule has 1 rings (SSSR count). The van der Waals surface area contributed by atoms with Gasteiger partial charge in [0.25, 0.3) is 0 Å². The minimum atomic E-state index is -4.38. The monoisotopic (exact) mass is 226 g/mol. The van der Waals surface area contributed by atoms with Crippen LogP contribution in [0.2, 0.25) is 0 Å². The van der Waals surface area contributed by atoms with E-state index in [-0.39, 0.29) is 32.6 Å². The average molecular weight is 226 g/mol. The number of halogens is 3. The van der Waals surface area contributed by atoms with Crippen LogP contribution in [0.4, 0.5) is 13.2 Å². The molecule has 4 nitrogen and oxygen atoms in total. The summed E-state index contributed by atoms with van der Waals surface area (Å²) in [5.74, 6) is -0.752. The molecule has 0 heterocycles. The van der Waals surface area contributed by atoms with Gasteiger partial charge in [0.2, 0.25) is 5.91 Å². The number of rotatable bonds is 5. The van der Waals surface area contributed by atoms with Gasteiger partial charge in [-0.2, -0.15) is 13.2 Å². The van der Waals surface area contributed by atoms with Crippen LogP contribution in [0.1, 0.15) is 12.8 Å². The molecule has 7 heteroatoms. The van der Waals surface area contributed by atoms with Crippen molar-refractivity contribution in [2.45, 2.75) is 24.6 Å². The zero-order valence-corrected chi connectivity index (χ0v) is 8.06. The largest absolute Gasteiger partial charge is 0.411 e. The zero-order valence-electron chi connectivity index (χ0n) is 8.06. The predicted octanol–water partition coefficient (Wildman–Crippen LogP) is 0.173. The molecule has 0 radical (unpaired) electrons. The smallest absolute Gasteiger partial charge is 0.370 e. The Kier molecular flexibility index (Phi) is 3.56. The topological polar surface area (TPSA) is 64.3 Å². The van der Waals surface area contributed by atoms with E-state index < -0.39 is 17.6 Å². The summed E-state index contributed by atoms with van der Waals surface area (Å²) in [6, 6.07) is 0. The van der Waals surface area contributed by atoms with Crippen molar-refractivity contribution in [1.29, 1.82) is 0 Å². The van der Waals surface area contributed by atoms with Gasteiger partial charge in [-0.25, -0.2) is 0 Å². The van der Waals surface area contributed by atoms with Crippen molar-refractivity contribution in [3.05, 3.63) is 0 Å². The van der Waals surface area contributed by atoms with E-state index in [1.54, 1.807) is 0 Å². The van der Waals surface area contributed by atoms with Crippen molar-refractivity contribution in [1.82, 2.24) is 5.32 Å². The molecule has 0 spiro atoms. The maximum absolute atomic E-state index is 12.4. The summed E-state index contributed by atoms with van der Waals surface area (Å²) >= 11 is 0. The van der Waals surface area contributed by atoms with E-state index in [4.69, 9.17) is 10.5 Å². The van der Waals surface area contributed by atoms with Gasteiger partial charge in [-0.05, 0) is 12.8 Å². The SMILES string of the molecule is NCCOCC(=O)NC1(C(F)(F)F)CC1. The molecule has 0 aromatic carbocycles. The molecule has 1 aliphatic carbocycles. The fourth-order valence-electron chi connectivity index (χ4n) is 1.16. The van der Waals surface area contributed by atoms with Crippen LogP contribution in [0.25, 0.3) is 0 Å². The van der Waals surface area contributed by atoms with Gasteiger partial charge in [0.15, 0.2) is 0 Å². The lowest BCUT2D eigenvalue weighted by molar-refractivity contribution is -0.171. The number of carbonyl (C=O) groups is 1. The van der Waals surface area contributed by atoms with E-state index in [0.717, 1.165) is 0 Å². The summed E-state index contributed by atoms with van der Waals surface area (Å²) in [6.45, 7) is 0.0131. The van der Waals surface area contributed by atoms with Crippen LogP contribution in [0, 0.1) is 0 Å². The number of nitrogens with two attached hydrogens (primary N) is 1. The number of carbonyl (C=O) groups excluding carboxylic acids is 1. The van der Waals surface area contributed by atoms with E-state index in [0.29, 0.717) is 0 Å². The Morgan fingerprint density at radius 1 is 1.47 bits per heavy atom. The van der Waals surface area contributed by atoms with Crippen LogP contribution in [0.5, 0.6) is 0 Å². The van der Waals surface area contributed by atoms with Crippen LogP contribution in [-0.2, 0) is 9.53 Å². The maximum atomic E-state index is 12.4. The molecule has 1 amide bonds. The van der Waals surface area contributed by atoms with Gasteiger partial charge in [-0.1, -0.05) is 0 Å². The van der Waals surface area contributed by atoms with Crippen molar-refractivity contribution in [2.75, 3.05) is 19.8 Å². The molecular formula is C8H13F3N2O2. The highest BCUT2D eigenvalue weighted by atomic mass is 19.4. The van der Waals surface area contributed by atoms with Crippen molar-refractivity contribution >= 4 is 5.91 Å². The van der Waals surface area contributed by atoms with E-state index in [9.17, 15) is 18.0 Å². The first-order chi connectivity index (χ1) is 6.91. The van der Waals surface area contributed by atoms with Crippen LogP contribution < -0.4 is 11.1 Å². The quantitative estimate of drug-likeness (QED) is 0.657. The molecular weight excluding hydrogens is 213 g/mol. The first-order valence-electron chi connectivity index (χ1n) is 4.57. The lowest BCUT2D eigenvalue weighted by atomic mass is 10.2. The van der Waals surface area contributed by atoms with E-state index in [2.05, 4.69) is 0 Å². The van der Waals surface area contributed by atoms with Crippen LogP contribution in [-0.4, -0.2) is 37.4 Å². The van der Waals surface area contributed by atoms with Crippen LogP contribution in [0.3, 0.4) is 0 Å². The Morgan fingerprint density at radius 2 is 2.07 bits per heavy atom. The van der Waals surface area contributed by atoms with Gasteiger partial charge in [0, 0.05) is 6.54 Å². The number of nitrogens with one attached hydrogen (secondary N) is 1. The summed E-state index contributed by atoms with van der Waals surface area (Å²) in [7, 11) is 0. The van der Waals surface area contributed by atoms with Crippen molar-refractivity contribution in [3.8, 4) is 0 Å². The van der Waals surface area contributed by atoms with Crippen molar-refractivity contribution in [2.24, 2.45) is 5.73 Å². The Balaban J connectivity index is 2.32. The molecule has 88 valence electrons. The predicted molar refractivity (Wildman–Crippen MR) is 46.0 cm³/mol. The number of ether oxygens (including phenoxy) is 1. The van der Waals surface area contributed by atoms with Gasteiger partial charge in [-0.3, -0.25) is 4.79 Å². The highest BCUT2D eigenvalue weighted by Crippen LogP contribution is 2.48. The fourth-order valence-corrected chi connectivity index (χ4v) is 1.16. The van der Waals surface area contributed by atoms with Crippen LogP contribution in [0.15, 0.2) is 0 Å². The van der Waals surface area contributed by atoms with E-state index in [1.807, 2.05) is 5.32 Å². The second kappa shape index (κ2) is 4.36. The Bertz CT molecular complexity index is 239. The zero-order chi connectivity index (χ0) is 11.5. The molecule has 0 saturated heterocycles. The second-order valence-corrected chi connectivity index (χ2v) is 3.47. The summed E-state index contributed by atoms with van der Waals surface area (Å²) in [5.41, 5.74) is 3.08. The molecule has 1 fully saturated rings. The van der Waals surface area contributed by atoms with E-state index >= 15 is 0 Å². The Labute approximate surface area is 84.9 Å². The van der Waals surface area contributed by atoms with Gasteiger partial charge in [-0.15, -0.1) is 0 Å². The minimum Gasteiger partial charge on any atom is -0.370 e. The third kappa shape index (κ3) is 3.07. The normalized spacial score (nSPS) is 18.7.